The van der Waals surface area contributed by atoms with E-state index in [9.17, 15) is 13.6 Å². The maximum Gasteiger partial charge on any atom is 0.421 e. The Morgan fingerprint density at radius 3 is 2.52 bits per heavy atom. The fourth-order valence-corrected chi connectivity index (χ4v) is 4.59. The van der Waals surface area contributed by atoms with Gasteiger partial charge in [-0.25, -0.2) is 9.78 Å². The Kier molecular flexibility index (Phi) is 5.32. The first-order valence-corrected chi connectivity index (χ1v) is 10.8. The Labute approximate surface area is 186 Å². The van der Waals surface area contributed by atoms with E-state index < -0.39 is 18.3 Å². The van der Waals surface area contributed by atoms with E-state index in [1.165, 1.54) is 6.07 Å². The van der Waals surface area contributed by atoms with Crippen molar-refractivity contribution in [1.82, 2.24) is 14.5 Å². The van der Waals surface area contributed by atoms with Crippen LogP contribution >= 0.6 is 15.9 Å². The van der Waals surface area contributed by atoms with Crippen molar-refractivity contribution < 1.29 is 28.2 Å². The summed E-state index contributed by atoms with van der Waals surface area (Å²) in [5, 5.41) is 8.88. The van der Waals surface area contributed by atoms with Gasteiger partial charge in [-0.1, -0.05) is 0 Å². The molecule has 2 aromatic rings. The largest absolute Gasteiger partial charge is 0.444 e. The topological polar surface area (TPSA) is 80.1 Å². The number of alkyl halides is 2. The van der Waals surface area contributed by atoms with E-state index in [-0.39, 0.29) is 23.9 Å². The highest BCUT2D eigenvalue weighted by Gasteiger charge is 2.49. The van der Waals surface area contributed by atoms with Gasteiger partial charge in [0, 0.05) is 24.6 Å². The number of piperidine rings is 1. The van der Waals surface area contributed by atoms with E-state index in [0.717, 1.165) is 6.42 Å². The molecule has 2 atom stereocenters. The summed E-state index contributed by atoms with van der Waals surface area (Å²) in [6, 6.07) is 3.01. The number of aromatic nitrogens is 2. The summed E-state index contributed by atoms with van der Waals surface area (Å²) in [7, 11) is 1.73. The molecule has 1 amide bonds. The van der Waals surface area contributed by atoms with Crippen LogP contribution in [0.2, 0.25) is 0 Å². The average molecular weight is 503 g/mol. The molecule has 11 heteroatoms. The quantitative estimate of drug-likeness (QED) is 0.689. The zero-order valence-electron chi connectivity index (χ0n) is 17.7. The standard InChI is InChI=1S/C20H25BrF2N4O4/c1-19(2,3)31-18(29)27-11-7-12(27)9-26(8-11)17-24-15-13(21)5-6-14(16(15)25(17)4)30-20(22,23)10-28/h5-6,11-12,28H,7-10H2,1-4H3. The second-order valence-electron chi connectivity index (χ2n) is 8.95. The van der Waals surface area contributed by atoms with Crippen LogP contribution in [0.4, 0.5) is 19.5 Å². The van der Waals surface area contributed by atoms with E-state index in [4.69, 9.17) is 14.6 Å². The van der Waals surface area contributed by atoms with Crippen LogP contribution in [0.15, 0.2) is 16.6 Å². The van der Waals surface area contributed by atoms with Gasteiger partial charge in [-0.2, -0.15) is 8.78 Å². The third kappa shape index (κ3) is 4.05. The summed E-state index contributed by atoms with van der Waals surface area (Å²) < 4.78 is 40.0. The van der Waals surface area contributed by atoms with Gasteiger partial charge in [0.05, 0.1) is 12.1 Å². The minimum Gasteiger partial charge on any atom is -0.444 e. The Balaban J connectivity index is 1.60. The van der Waals surface area contributed by atoms with Crippen molar-refractivity contribution in [3.05, 3.63) is 16.6 Å². The van der Waals surface area contributed by atoms with E-state index in [1.54, 1.807) is 22.6 Å². The van der Waals surface area contributed by atoms with Crippen molar-refractivity contribution in [2.45, 2.75) is 51.0 Å². The number of rotatable bonds is 4. The number of halogens is 3. The van der Waals surface area contributed by atoms with Gasteiger partial charge in [0.15, 0.2) is 5.75 Å². The number of aliphatic hydroxyl groups excluding tert-OH is 1. The molecule has 1 aromatic heterocycles. The zero-order valence-corrected chi connectivity index (χ0v) is 19.3. The molecule has 0 spiro atoms. The molecule has 5 rings (SSSR count). The lowest BCUT2D eigenvalue weighted by atomic mass is 9.88. The molecule has 4 heterocycles. The number of aliphatic hydroxyl groups is 1. The van der Waals surface area contributed by atoms with Gasteiger partial charge in [0.25, 0.3) is 0 Å². The Morgan fingerprint density at radius 2 is 1.94 bits per heavy atom. The van der Waals surface area contributed by atoms with Crippen LogP contribution in [-0.2, 0) is 11.8 Å². The van der Waals surface area contributed by atoms with Crippen molar-refractivity contribution in [3.63, 3.8) is 0 Å². The highest BCUT2D eigenvalue weighted by molar-refractivity contribution is 9.10. The van der Waals surface area contributed by atoms with Crippen molar-refractivity contribution in [1.29, 1.82) is 0 Å². The normalized spacial score (nSPS) is 21.3. The monoisotopic (exact) mass is 502 g/mol. The molecule has 2 bridgehead atoms. The summed E-state index contributed by atoms with van der Waals surface area (Å²) in [5.74, 6) is 0.522. The molecule has 0 saturated carbocycles. The van der Waals surface area contributed by atoms with Crippen LogP contribution in [0.3, 0.4) is 0 Å². The van der Waals surface area contributed by atoms with E-state index in [0.29, 0.717) is 34.5 Å². The average Bonchev–Trinajstić information content (AvgIpc) is 3.01. The maximum atomic E-state index is 13.7. The number of imidazole rings is 1. The fraction of sp³-hybridized carbons (Fsp3) is 0.600. The Morgan fingerprint density at radius 1 is 1.29 bits per heavy atom. The predicted octanol–water partition coefficient (Wildman–Crippen LogP) is 3.50. The highest BCUT2D eigenvalue weighted by Crippen LogP contribution is 2.39. The number of aryl methyl sites for hydroxylation is 1. The van der Waals surface area contributed by atoms with Crippen LogP contribution in [0.5, 0.6) is 5.75 Å². The number of amides is 1. The molecule has 0 radical (unpaired) electrons. The van der Waals surface area contributed by atoms with Gasteiger partial charge >= 0.3 is 12.2 Å². The molecule has 3 saturated heterocycles. The molecule has 170 valence electrons. The zero-order chi connectivity index (χ0) is 22.7. The lowest BCUT2D eigenvalue weighted by Crippen LogP contribution is -2.71. The summed E-state index contributed by atoms with van der Waals surface area (Å²) in [5.41, 5.74) is 0.310. The number of fused-ring (bicyclic) bond motifs is 3. The molecular weight excluding hydrogens is 478 g/mol. The number of carbonyl (C=O) groups is 1. The van der Waals surface area contributed by atoms with Crippen molar-refractivity contribution in [2.24, 2.45) is 7.05 Å². The van der Waals surface area contributed by atoms with Gasteiger partial charge in [0.1, 0.15) is 23.2 Å². The molecule has 1 N–H and O–H groups in total. The number of hydrogen-bond donors (Lipinski definition) is 1. The maximum absolute atomic E-state index is 13.7. The minimum absolute atomic E-state index is 0.00583. The van der Waals surface area contributed by atoms with Gasteiger partial charge in [-0.15, -0.1) is 0 Å². The lowest BCUT2D eigenvalue weighted by molar-refractivity contribution is -0.200. The number of ether oxygens (including phenoxy) is 2. The first kappa shape index (κ1) is 22.1. The van der Waals surface area contributed by atoms with Crippen molar-refractivity contribution in [2.75, 3.05) is 24.6 Å². The molecule has 0 aliphatic carbocycles. The Bertz CT molecular complexity index is 1010. The molecule has 1 aromatic carbocycles. The molecule has 3 aliphatic rings. The molecular formula is C20H25BrF2N4O4. The third-order valence-electron chi connectivity index (χ3n) is 5.44. The molecule has 31 heavy (non-hydrogen) atoms. The van der Waals surface area contributed by atoms with E-state index in [2.05, 4.69) is 20.9 Å². The van der Waals surface area contributed by atoms with E-state index >= 15 is 0 Å². The SMILES string of the molecule is Cn1c(N2CC3CC(C2)N3C(=O)OC(C)(C)C)nc2c(Br)ccc(OC(F)(F)CO)c21. The number of carbonyl (C=O) groups excluding carboxylic acids is 1. The van der Waals surface area contributed by atoms with Crippen molar-refractivity contribution >= 4 is 39.0 Å². The molecule has 3 aliphatic heterocycles. The first-order chi connectivity index (χ1) is 14.4. The summed E-state index contributed by atoms with van der Waals surface area (Å²) in [6.07, 6.45) is -3.13. The van der Waals surface area contributed by atoms with Gasteiger partial charge in [0.2, 0.25) is 5.95 Å². The highest BCUT2D eigenvalue weighted by atomic mass is 79.9. The third-order valence-corrected chi connectivity index (χ3v) is 6.08. The van der Waals surface area contributed by atoms with Gasteiger partial charge < -0.3 is 24.0 Å². The summed E-state index contributed by atoms with van der Waals surface area (Å²) in [4.78, 5) is 21.0. The number of anilines is 1. The number of hydrogen-bond acceptors (Lipinski definition) is 6. The number of nitrogens with zero attached hydrogens (tertiary/aromatic N) is 4. The van der Waals surface area contributed by atoms with Gasteiger partial charge in [-0.05, 0) is 55.3 Å². The first-order valence-electron chi connectivity index (χ1n) is 9.99. The molecule has 8 nitrogen and oxygen atoms in total. The predicted molar refractivity (Wildman–Crippen MR) is 114 cm³/mol. The second-order valence-corrected chi connectivity index (χ2v) is 9.80. The van der Waals surface area contributed by atoms with Crippen LogP contribution in [0.1, 0.15) is 27.2 Å². The van der Waals surface area contributed by atoms with Gasteiger partial charge in [-0.3, -0.25) is 4.90 Å². The van der Waals surface area contributed by atoms with Crippen molar-refractivity contribution in [3.8, 4) is 5.75 Å². The van der Waals surface area contributed by atoms with Crippen LogP contribution < -0.4 is 9.64 Å². The number of piperazine rings is 1. The fourth-order valence-electron chi connectivity index (χ4n) is 4.19. The van der Waals surface area contributed by atoms with E-state index in [1.807, 2.05) is 25.7 Å². The summed E-state index contributed by atoms with van der Waals surface area (Å²) >= 11 is 3.42. The number of benzene rings is 1. The van der Waals surface area contributed by atoms with Crippen LogP contribution in [-0.4, -0.2) is 69.1 Å². The lowest BCUT2D eigenvalue weighted by Gasteiger charge is -2.55. The van der Waals surface area contributed by atoms with Crippen LogP contribution in [0.25, 0.3) is 11.0 Å². The van der Waals surface area contributed by atoms with Crippen LogP contribution in [0, 0.1) is 0 Å². The minimum atomic E-state index is -3.70. The summed E-state index contributed by atoms with van der Waals surface area (Å²) in [6.45, 7) is 5.21. The Hall–Kier alpha value is -2.14. The second kappa shape index (κ2) is 7.47. The smallest absolute Gasteiger partial charge is 0.421 e. The molecule has 2 unspecified atom stereocenters. The molecule has 3 fully saturated rings.